The van der Waals surface area contributed by atoms with Crippen molar-refractivity contribution < 1.29 is 9.84 Å². The third-order valence-corrected chi connectivity index (χ3v) is 2.97. The maximum atomic E-state index is 9.73. The molecule has 0 amide bonds. The smallest absolute Gasteiger partial charge is 0.0753 e. The molecule has 14 heavy (non-hydrogen) atoms. The summed E-state index contributed by atoms with van der Waals surface area (Å²) in [4.78, 5) is 2.25. The lowest BCUT2D eigenvalue weighted by atomic mass is 10.0. The zero-order valence-electron chi connectivity index (χ0n) is 9.20. The number of nitrogens with zero attached hydrogens (tertiary/aromatic N) is 1. The van der Waals surface area contributed by atoms with Crippen LogP contribution in [0.3, 0.4) is 0 Å². The van der Waals surface area contributed by atoms with E-state index in [1.807, 2.05) is 0 Å². The molecule has 1 fully saturated rings. The maximum absolute atomic E-state index is 9.73. The molecule has 2 atom stereocenters. The molecular weight excluding hydrogens is 180 g/mol. The average molecular weight is 202 g/mol. The Hall–Kier alpha value is -0.160. The third-order valence-electron chi connectivity index (χ3n) is 2.97. The van der Waals surface area contributed by atoms with Crippen molar-refractivity contribution in [1.29, 1.82) is 0 Å². The number of nitrogens with two attached hydrogens (primary N) is 1. The van der Waals surface area contributed by atoms with Crippen LogP contribution in [0.25, 0.3) is 0 Å². The summed E-state index contributed by atoms with van der Waals surface area (Å²) in [7, 11) is 2.08. The molecule has 4 nitrogen and oxygen atoms in total. The van der Waals surface area contributed by atoms with Crippen LogP contribution in [-0.2, 0) is 4.74 Å². The van der Waals surface area contributed by atoms with Crippen molar-refractivity contribution in [3.8, 4) is 0 Å². The van der Waals surface area contributed by atoms with Crippen LogP contribution in [0.15, 0.2) is 0 Å². The van der Waals surface area contributed by atoms with Gasteiger partial charge in [-0.1, -0.05) is 0 Å². The molecule has 1 heterocycles. The van der Waals surface area contributed by atoms with Gasteiger partial charge in [0.05, 0.1) is 12.2 Å². The number of rotatable bonds is 5. The first-order valence-electron chi connectivity index (χ1n) is 5.25. The van der Waals surface area contributed by atoms with Gasteiger partial charge in [0.2, 0.25) is 0 Å². The Morgan fingerprint density at radius 2 is 2.36 bits per heavy atom. The van der Waals surface area contributed by atoms with Gasteiger partial charge in [-0.25, -0.2) is 0 Å². The highest BCUT2D eigenvalue weighted by atomic mass is 16.5. The number of hydrogen-bond donors (Lipinski definition) is 2. The highest BCUT2D eigenvalue weighted by Crippen LogP contribution is 2.13. The second-order valence-corrected chi connectivity index (χ2v) is 4.45. The summed E-state index contributed by atoms with van der Waals surface area (Å²) in [6.07, 6.45) is 1.82. The van der Waals surface area contributed by atoms with Crippen molar-refractivity contribution in [2.45, 2.75) is 31.4 Å². The van der Waals surface area contributed by atoms with Gasteiger partial charge in [0.15, 0.2) is 0 Å². The minimum absolute atomic E-state index is 0.321. The summed E-state index contributed by atoms with van der Waals surface area (Å²) in [5.41, 5.74) is 4.72. The second-order valence-electron chi connectivity index (χ2n) is 4.45. The van der Waals surface area contributed by atoms with Crippen molar-refractivity contribution in [3.05, 3.63) is 0 Å². The fourth-order valence-corrected chi connectivity index (χ4v) is 1.57. The van der Waals surface area contributed by atoms with E-state index in [0.717, 1.165) is 32.6 Å². The lowest BCUT2D eigenvalue weighted by molar-refractivity contribution is 0.0447. The molecule has 0 saturated carbocycles. The van der Waals surface area contributed by atoms with Gasteiger partial charge in [0, 0.05) is 25.7 Å². The van der Waals surface area contributed by atoms with Gasteiger partial charge in [0.25, 0.3) is 0 Å². The molecule has 4 heteroatoms. The highest BCUT2D eigenvalue weighted by molar-refractivity contribution is 4.78. The molecule has 1 aliphatic rings. The Kier molecular flexibility index (Phi) is 4.31. The van der Waals surface area contributed by atoms with Crippen molar-refractivity contribution in [2.75, 3.05) is 33.4 Å². The van der Waals surface area contributed by atoms with E-state index in [0.29, 0.717) is 12.6 Å². The molecule has 3 N–H and O–H groups in total. The number of ether oxygens (including phenoxy) is 1. The fourth-order valence-electron chi connectivity index (χ4n) is 1.57. The van der Waals surface area contributed by atoms with E-state index in [4.69, 9.17) is 10.5 Å². The molecule has 1 rings (SSSR count). The SMILES string of the molecule is CN(CCC(C)(O)CN)C1CCOC1. The van der Waals surface area contributed by atoms with Gasteiger partial charge in [-0.3, -0.25) is 0 Å². The molecular formula is C10H22N2O2. The van der Waals surface area contributed by atoms with Crippen LogP contribution in [0.5, 0.6) is 0 Å². The Morgan fingerprint density at radius 3 is 2.86 bits per heavy atom. The van der Waals surface area contributed by atoms with E-state index >= 15 is 0 Å². The average Bonchev–Trinajstić information content (AvgIpc) is 2.67. The summed E-state index contributed by atoms with van der Waals surface area (Å²) >= 11 is 0. The van der Waals surface area contributed by atoms with Crippen LogP contribution in [0.1, 0.15) is 19.8 Å². The molecule has 0 radical (unpaired) electrons. The first-order valence-corrected chi connectivity index (χ1v) is 5.25. The number of likely N-dealkylation sites (N-methyl/N-ethyl adjacent to an activating group) is 1. The molecule has 1 saturated heterocycles. The summed E-state index contributed by atoms with van der Waals surface area (Å²) in [5.74, 6) is 0. The van der Waals surface area contributed by atoms with Gasteiger partial charge >= 0.3 is 0 Å². The molecule has 1 aliphatic heterocycles. The molecule has 0 aromatic heterocycles. The minimum Gasteiger partial charge on any atom is -0.389 e. The van der Waals surface area contributed by atoms with Crippen LogP contribution in [0.4, 0.5) is 0 Å². The van der Waals surface area contributed by atoms with Crippen molar-refractivity contribution in [2.24, 2.45) is 5.73 Å². The number of hydrogen-bond acceptors (Lipinski definition) is 4. The monoisotopic (exact) mass is 202 g/mol. The minimum atomic E-state index is -0.728. The normalized spacial score (nSPS) is 26.8. The largest absolute Gasteiger partial charge is 0.389 e. The van der Waals surface area contributed by atoms with E-state index in [-0.39, 0.29) is 0 Å². The molecule has 0 aromatic carbocycles. The predicted molar refractivity (Wildman–Crippen MR) is 56.1 cm³/mol. The Morgan fingerprint density at radius 1 is 1.64 bits per heavy atom. The molecule has 0 spiro atoms. The molecule has 84 valence electrons. The second kappa shape index (κ2) is 5.07. The van der Waals surface area contributed by atoms with Crippen LogP contribution in [0.2, 0.25) is 0 Å². The lowest BCUT2D eigenvalue weighted by Crippen LogP contribution is -2.40. The van der Waals surface area contributed by atoms with Crippen LogP contribution >= 0.6 is 0 Å². The zero-order valence-corrected chi connectivity index (χ0v) is 9.20. The van der Waals surface area contributed by atoms with E-state index < -0.39 is 5.60 Å². The van der Waals surface area contributed by atoms with E-state index in [1.54, 1.807) is 6.92 Å². The van der Waals surface area contributed by atoms with Gasteiger partial charge in [-0.15, -0.1) is 0 Å². The molecule has 0 bridgehead atoms. The van der Waals surface area contributed by atoms with E-state index in [2.05, 4.69) is 11.9 Å². The van der Waals surface area contributed by atoms with Crippen molar-refractivity contribution >= 4 is 0 Å². The Labute approximate surface area is 86.0 Å². The lowest BCUT2D eigenvalue weighted by Gasteiger charge is -2.27. The van der Waals surface area contributed by atoms with Crippen LogP contribution in [-0.4, -0.2) is 55.0 Å². The van der Waals surface area contributed by atoms with Gasteiger partial charge in [0.1, 0.15) is 0 Å². The van der Waals surface area contributed by atoms with Crippen molar-refractivity contribution in [3.63, 3.8) is 0 Å². The fraction of sp³-hybridized carbons (Fsp3) is 1.00. The Balaban J connectivity index is 2.23. The van der Waals surface area contributed by atoms with Crippen LogP contribution in [0, 0.1) is 0 Å². The summed E-state index contributed by atoms with van der Waals surface area (Å²) < 4.78 is 5.31. The quantitative estimate of drug-likeness (QED) is 0.648. The Bertz CT molecular complexity index is 168. The van der Waals surface area contributed by atoms with Gasteiger partial charge < -0.3 is 20.5 Å². The highest BCUT2D eigenvalue weighted by Gasteiger charge is 2.23. The van der Waals surface area contributed by atoms with Gasteiger partial charge in [-0.2, -0.15) is 0 Å². The first kappa shape index (κ1) is 11.9. The van der Waals surface area contributed by atoms with Crippen LogP contribution < -0.4 is 5.73 Å². The van der Waals surface area contributed by atoms with Crippen molar-refractivity contribution in [1.82, 2.24) is 4.90 Å². The number of aliphatic hydroxyl groups is 1. The summed E-state index contributed by atoms with van der Waals surface area (Å²) in [6.45, 7) is 4.66. The first-order chi connectivity index (χ1) is 6.55. The predicted octanol–water partition coefficient (Wildman–Crippen LogP) is -0.193. The van der Waals surface area contributed by atoms with E-state index in [9.17, 15) is 5.11 Å². The standard InChI is InChI=1S/C10H22N2O2/c1-10(13,8-11)4-5-12(2)9-3-6-14-7-9/h9,13H,3-8,11H2,1-2H3. The molecule has 0 aliphatic carbocycles. The zero-order chi connectivity index (χ0) is 10.6. The molecule has 2 unspecified atom stereocenters. The summed E-state index contributed by atoms with van der Waals surface area (Å²) in [6, 6.07) is 0.517. The van der Waals surface area contributed by atoms with Gasteiger partial charge in [-0.05, 0) is 26.8 Å². The van der Waals surface area contributed by atoms with E-state index in [1.165, 1.54) is 0 Å². The maximum Gasteiger partial charge on any atom is 0.0753 e. The topological polar surface area (TPSA) is 58.7 Å². The summed E-state index contributed by atoms with van der Waals surface area (Å²) in [5, 5.41) is 9.73. The molecule has 0 aromatic rings. The third kappa shape index (κ3) is 3.53.